The van der Waals surface area contributed by atoms with Gasteiger partial charge in [-0.05, 0) is 36.4 Å². The van der Waals surface area contributed by atoms with E-state index in [1.54, 1.807) is 49.6 Å². The monoisotopic (exact) mass is 426 g/mol. The molecule has 0 aliphatic heterocycles. The van der Waals surface area contributed by atoms with Gasteiger partial charge in [0.25, 0.3) is 5.91 Å². The molecule has 0 saturated carbocycles. The molecule has 0 atom stereocenters. The second-order valence-corrected chi connectivity index (χ2v) is 6.28. The van der Waals surface area contributed by atoms with Crippen molar-refractivity contribution >= 4 is 29.0 Å². The molecule has 0 unspecified atom stereocenters. The van der Waals surface area contributed by atoms with Crippen LogP contribution in [0.1, 0.15) is 10.5 Å². The number of hydrogen-bond donors (Lipinski definition) is 3. The van der Waals surface area contributed by atoms with Crippen LogP contribution in [0.4, 0.5) is 17.2 Å². The van der Waals surface area contributed by atoms with Crippen molar-refractivity contribution in [2.75, 3.05) is 37.7 Å². The van der Waals surface area contributed by atoms with Gasteiger partial charge in [0.15, 0.2) is 11.5 Å². The molecule has 1 heterocycles. The van der Waals surface area contributed by atoms with Gasteiger partial charge in [-0.25, -0.2) is 4.68 Å². The predicted octanol–water partition coefficient (Wildman–Crippen LogP) is 1.78. The van der Waals surface area contributed by atoms with E-state index in [4.69, 9.17) is 19.9 Å². The quantitative estimate of drug-likeness (QED) is 0.495. The molecule has 0 aliphatic carbocycles. The molecule has 3 aromatic rings. The number of carbonyl (C=O) groups is 2. The number of aromatic nitrogens is 3. The van der Waals surface area contributed by atoms with Crippen molar-refractivity contribution in [3.8, 4) is 17.2 Å². The van der Waals surface area contributed by atoms with E-state index < -0.39 is 5.91 Å². The molecule has 31 heavy (non-hydrogen) atoms. The number of carbonyl (C=O) groups excluding carboxylic acids is 2. The van der Waals surface area contributed by atoms with Crippen LogP contribution in [-0.2, 0) is 11.3 Å². The van der Waals surface area contributed by atoms with Crippen molar-refractivity contribution < 1.29 is 23.8 Å². The van der Waals surface area contributed by atoms with E-state index in [0.717, 1.165) is 4.68 Å². The number of nitrogens with one attached hydrogen (secondary N) is 2. The molecule has 3 rings (SSSR count). The molecule has 0 radical (unpaired) electrons. The highest BCUT2D eigenvalue weighted by atomic mass is 16.5. The molecule has 11 nitrogen and oxygen atoms in total. The minimum atomic E-state index is -0.606. The normalized spacial score (nSPS) is 10.3. The zero-order valence-corrected chi connectivity index (χ0v) is 17.2. The summed E-state index contributed by atoms with van der Waals surface area (Å²) in [5, 5.41) is 13.0. The average molecular weight is 426 g/mol. The molecule has 4 N–H and O–H groups in total. The first-order chi connectivity index (χ1) is 14.9. The molecule has 162 valence electrons. The number of methoxy groups -OCH3 is 3. The average Bonchev–Trinajstić information content (AvgIpc) is 3.14. The first-order valence-corrected chi connectivity index (χ1v) is 9.11. The van der Waals surface area contributed by atoms with Gasteiger partial charge in [-0.15, -0.1) is 5.10 Å². The van der Waals surface area contributed by atoms with Gasteiger partial charge in [-0.3, -0.25) is 9.59 Å². The number of nitrogen functional groups attached to an aromatic ring is 1. The van der Waals surface area contributed by atoms with Gasteiger partial charge in [0.2, 0.25) is 5.91 Å². The topological polar surface area (TPSA) is 143 Å². The summed E-state index contributed by atoms with van der Waals surface area (Å²) in [6.45, 7) is -0.222. The van der Waals surface area contributed by atoms with Crippen LogP contribution in [0.15, 0.2) is 42.5 Å². The Morgan fingerprint density at radius 1 is 0.968 bits per heavy atom. The number of rotatable bonds is 8. The van der Waals surface area contributed by atoms with Crippen LogP contribution < -0.4 is 30.6 Å². The van der Waals surface area contributed by atoms with Crippen molar-refractivity contribution in [1.29, 1.82) is 0 Å². The molecule has 2 aromatic carbocycles. The maximum Gasteiger partial charge on any atom is 0.280 e. The zero-order valence-electron chi connectivity index (χ0n) is 17.2. The Labute approximate surface area is 178 Å². The fourth-order valence-corrected chi connectivity index (χ4v) is 2.70. The second kappa shape index (κ2) is 9.48. The summed E-state index contributed by atoms with van der Waals surface area (Å²) in [4.78, 5) is 24.9. The van der Waals surface area contributed by atoms with E-state index in [0.29, 0.717) is 28.6 Å². The fourth-order valence-electron chi connectivity index (χ4n) is 2.70. The summed E-state index contributed by atoms with van der Waals surface area (Å²) >= 11 is 0. The summed E-state index contributed by atoms with van der Waals surface area (Å²) in [7, 11) is 4.54. The molecule has 0 fully saturated rings. The highest BCUT2D eigenvalue weighted by Gasteiger charge is 2.20. The molecule has 0 spiro atoms. The SMILES string of the molecule is COc1ccc(NC(=O)Cn2nnc(C(=O)Nc3cc(OC)ccc3OC)c2N)cc1. The molecule has 1 aromatic heterocycles. The van der Waals surface area contributed by atoms with Crippen molar-refractivity contribution in [3.05, 3.63) is 48.2 Å². The van der Waals surface area contributed by atoms with Gasteiger partial charge in [0, 0.05) is 11.8 Å². The fraction of sp³-hybridized carbons (Fsp3) is 0.200. The Morgan fingerprint density at radius 2 is 1.65 bits per heavy atom. The standard InChI is InChI=1S/C20H22N6O5/c1-29-13-6-4-12(5-7-13)22-17(27)11-26-19(21)18(24-25-26)20(28)23-15-10-14(30-2)8-9-16(15)31-3/h4-10H,11,21H2,1-3H3,(H,22,27)(H,23,28). The van der Waals surface area contributed by atoms with Crippen LogP contribution in [-0.4, -0.2) is 48.1 Å². The Morgan fingerprint density at radius 3 is 2.29 bits per heavy atom. The third-order valence-corrected chi connectivity index (χ3v) is 4.31. The molecule has 2 amide bonds. The number of nitrogens with two attached hydrogens (primary N) is 1. The molecule has 11 heteroatoms. The van der Waals surface area contributed by atoms with Crippen LogP contribution in [0.3, 0.4) is 0 Å². The lowest BCUT2D eigenvalue weighted by molar-refractivity contribution is -0.116. The van der Waals surface area contributed by atoms with Gasteiger partial charge < -0.3 is 30.6 Å². The van der Waals surface area contributed by atoms with Crippen LogP contribution in [0.5, 0.6) is 17.2 Å². The lowest BCUT2D eigenvalue weighted by Gasteiger charge is -2.11. The number of anilines is 3. The van der Waals surface area contributed by atoms with E-state index in [-0.39, 0.29) is 24.0 Å². The van der Waals surface area contributed by atoms with Crippen LogP contribution in [0.2, 0.25) is 0 Å². The highest BCUT2D eigenvalue weighted by Crippen LogP contribution is 2.29. The van der Waals surface area contributed by atoms with Crippen LogP contribution in [0.25, 0.3) is 0 Å². The van der Waals surface area contributed by atoms with Crippen molar-refractivity contribution in [2.24, 2.45) is 0 Å². The van der Waals surface area contributed by atoms with Crippen molar-refractivity contribution in [1.82, 2.24) is 15.0 Å². The molecular weight excluding hydrogens is 404 g/mol. The Balaban J connectivity index is 1.69. The first-order valence-electron chi connectivity index (χ1n) is 9.11. The molecule has 0 aliphatic rings. The Kier molecular flexibility index (Phi) is 6.55. The first kappa shape index (κ1) is 21.4. The minimum Gasteiger partial charge on any atom is -0.497 e. The van der Waals surface area contributed by atoms with Crippen LogP contribution in [0, 0.1) is 0 Å². The number of hydrogen-bond acceptors (Lipinski definition) is 8. The Hall–Kier alpha value is -4.28. The van der Waals surface area contributed by atoms with E-state index in [1.807, 2.05) is 0 Å². The second-order valence-electron chi connectivity index (χ2n) is 6.28. The zero-order chi connectivity index (χ0) is 22.4. The van der Waals surface area contributed by atoms with Gasteiger partial charge >= 0.3 is 0 Å². The van der Waals surface area contributed by atoms with Gasteiger partial charge in [-0.2, -0.15) is 0 Å². The smallest absolute Gasteiger partial charge is 0.280 e. The molecule has 0 saturated heterocycles. The third kappa shape index (κ3) is 5.01. The predicted molar refractivity (Wildman–Crippen MR) is 114 cm³/mol. The van der Waals surface area contributed by atoms with Gasteiger partial charge in [-0.1, -0.05) is 5.21 Å². The van der Waals surface area contributed by atoms with E-state index in [9.17, 15) is 9.59 Å². The van der Waals surface area contributed by atoms with Crippen molar-refractivity contribution in [3.63, 3.8) is 0 Å². The molecular formula is C20H22N6O5. The maximum atomic E-state index is 12.6. The van der Waals surface area contributed by atoms with Crippen LogP contribution >= 0.6 is 0 Å². The van der Waals surface area contributed by atoms with Crippen molar-refractivity contribution in [2.45, 2.75) is 6.54 Å². The van der Waals surface area contributed by atoms with E-state index >= 15 is 0 Å². The lowest BCUT2D eigenvalue weighted by Crippen LogP contribution is -2.21. The van der Waals surface area contributed by atoms with Gasteiger partial charge in [0.1, 0.15) is 23.8 Å². The van der Waals surface area contributed by atoms with Gasteiger partial charge in [0.05, 0.1) is 27.0 Å². The summed E-state index contributed by atoms with van der Waals surface area (Å²) in [6, 6.07) is 11.8. The maximum absolute atomic E-state index is 12.6. The summed E-state index contributed by atoms with van der Waals surface area (Å²) < 4.78 is 16.6. The number of benzene rings is 2. The summed E-state index contributed by atoms with van der Waals surface area (Å²) in [5.74, 6) is 0.585. The summed E-state index contributed by atoms with van der Waals surface area (Å²) in [5.41, 5.74) is 6.82. The highest BCUT2D eigenvalue weighted by molar-refractivity contribution is 6.06. The lowest BCUT2D eigenvalue weighted by atomic mass is 10.2. The Bertz CT molecular complexity index is 1080. The number of nitrogens with zero attached hydrogens (tertiary/aromatic N) is 3. The summed E-state index contributed by atoms with van der Waals surface area (Å²) in [6.07, 6.45) is 0. The molecule has 0 bridgehead atoms. The number of ether oxygens (including phenoxy) is 3. The van der Waals surface area contributed by atoms with E-state index in [2.05, 4.69) is 20.9 Å². The third-order valence-electron chi connectivity index (χ3n) is 4.31. The number of amides is 2. The largest absolute Gasteiger partial charge is 0.497 e. The van der Waals surface area contributed by atoms with E-state index in [1.165, 1.54) is 14.2 Å². The minimum absolute atomic E-state index is 0.0516.